The number of unbranched alkanes of at least 4 members (excludes halogenated alkanes) is 6. The predicted molar refractivity (Wildman–Crippen MR) is 339 cm³/mol. The van der Waals surface area contributed by atoms with E-state index in [0.29, 0.717) is 89.9 Å². The fraction of sp³-hybridized carbons (Fsp3) is 0.661. The quantitative estimate of drug-likeness (QED) is 0.0137. The van der Waals surface area contributed by atoms with Crippen LogP contribution in [0.5, 0.6) is 0 Å². The van der Waals surface area contributed by atoms with Crippen LogP contribution in [-0.2, 0) is 69.9 Å². The number of thiophene rings is 1. The van der Waals surface area contributed by atoms with Gasteiger partial charge in [0.1, 0.15) is 38.7 Å². The molecule has 0 bridgehead atoms. The minimum atomic E-state index is -0.636. The highest BCUT2D eigenvalue weighted by atomic mass is 35.5. The molecule has 2 aromatic heterocycles. The van der Waals surface area contributed by atoms with Gasteiger partial charge in [0.05, 0.1) is 82.9 Å². The third-order valence-corrected chi connectivity index (χ3v) is 15.1. The number of alkyl carbamates (subject to hydrolysis) is 4. The second-order valence-electron chi connectivity index (χ2n) is 20.6. The summed E-state index contributed by atoms with van der Waals surface area (Å²) < 4.78 is 55.6. The Morgan fingerprint density at radius 3 is 1.63 bits per heavy atom. The van der Waals surface area contributed by atoms with Crippen molar-refractivity contribution in [3.05, 3.63) is 65.2 Å². The van der Waals surface area contributed by atoms with Crippen LogP contribution in [0.15, 0.2) is 53.9 Å². The summed E-state index contributed by atoms with van der Waals surface area (Å²) in [5.74, 6) is 0.337. The van der Waals surface area contributed by atoms with Crippen LogP contribution in [0.2, 0.25) is 0 Å². The Kier molecular flexibility index (Phi) is 41.0. The molecule has 0 spiro atoms. The number of alkyl halides is 1. The number of likely N-dealkylation sites (N-methyl/N-ethyl adjacent to an activating group) is 1. The summed E-state index contributed by atoms with van der Waals surface area (Å²) in [6, 6.07) is 11.8. The van der Waals surface area contributed by atoms with Crippen molar-refractivity contribution in [2.75, 3.05) is 156 Å². The van der Waals surface area contributed by atoms with Gasteiger partial charge in [0.25, 0.3) is 5.91 Å². The van der Waals surface area contributed by atoms with Crippen LogP contribution in [0.4, 0.5) is 24.9 Å². The third kappa shape index (κ3) is 33.9. The van der Waals surface area contributed by atoms with Gasteiger partial charge in [-0.2, -0.15) is 0 Å². The lowest BCUT2D eigenvalue weighted by atomic mass is 9.85. The van der Waals surface area contributed by atoms with Gasteiger partial charge in [-0.1, -0.05) is 44.7 Å². The number of nitrogens with one attached hydrogen (secondary N) is 6. The van der Waals surface area contributed by atoms with E-state index in [1.807, 2.05) is 47.2 Å². The molecule has 1 aliphatic rings. The first-order chi connectivity index (χ1) is 43.5. The molecule has 4 rings (SSSR count). The molecule has 25 nitrogen and oxygen atoms in total. The summed E-state index contributed by atoms with van der Waals surface area (Å²) in [4.78, 5) is 89.7. The number of hydrogen-bond donors (Lipinski definition) is 6. The molecule has 27 heteroatoms. The zero-order chi connectivity index (χ0) is 63.8. The number of carbonyl (C=O) groups is 7. The van der Waals surface area contributed by atoms with Gasteiger partial charge in [0.15, 0.2) is 0 Å². The monoisotopic (exact) mass is 1290 g/mol. The van der Waals surface area contributed by atoms with E-state index in [-0.39, 0.29) is 129 Å². The number of fused-ring (bicyclic) bond motifs is 1. The van der Waals surface area contributed by atoms with Crippen LogP contribution in [-0.4, -0.2) is 204 Å². The number of halogens is 1. The molecule has 3 aromatic rings. The maximum absolute atomic E-state index is 13.7. The molecule has 0 aliphatic heterocycles. The molecule has 0 radical (unpaired) electrons. The first-order valence-electron chi connectivity index (χ1n) is 31.4. The van der Waals surface area contributed by atoms with Crippen molar-refractivity contribution < 1.29 is 80.9 Å². The summed E-state index contributed by atoms with van der Waals surface area (Å²) >= 11 is 7.20. The van der Waals surface area contributed by atoms with E-state index >= 15 is 0 Å². The van der Waals surface area contributed by atoms with Crippen LogP contribution >= 0.6 is 22.9 Å². The van der Waals surface area contributed by atoms with Crippen molar-refractivity contribution in [2.24, 2.45) is 5.92 Å². The summed E-state index contributed by atoms with van der Waals surface area (Å²) in [6.45, 7) is 10.5. The van der Waals surface area contributed by atoms with Crippen molar-refractivity contribution in [1.82, 2.24) is 36.5 Å². The molecular formula is C62H97ClN8O17S. The van der Waals surface area contributed by atoms with Crippen molar-refractivity contribution in [2.45, 2.75) is 110 Å². The predicted octanol–water partition coefficient (Wildman–Crippen LogP) is 7.64. The van der Waals surface area contributed by atoms with E-state index in [1.165, 1.54) is 23.5 Å². The number of aryl methyl sites for hydroxylation is 1. The standard InChI is InChI=1S/C62H97ClN8O17S/c1-3-49-16-15-17-52(46-49)70(4-2)56(72)48-71-53-22-45-89-55(53)47-54(71)58(74)69-51-20-18-50(19-21-51)57(73)64-24-10-6-7-11-25-65-59(75)87-43-41-83-39-37-81-32-26-66-60(76)85-30-13-14-31-86-61(77)67-27-33-82-38-40-84-42-44-88-62(78)68-28-34-80-36-35-79-29-12-8-5-9-23-63/h13-17,22,45-47,50-51H,3-12,18-21,23-44,48H2,1-2H3,(H,64,73)(H,65,75)(H,66,76)(H,67,77)(H,68,78)(H,69,74)/b14-13+. The van der Waals surface area contributed by atoms with Gasteiger partial charge in [-0.25, -0.2) is 19.2 Å². The number of ether oxygens (including phenoxy) is 10. The van der Waals surface area contributed by atoms with Gasteiger partial charge >= 0.3 is 24.4 Å². The molecule has 6 N–H and O–H groups in total. The molecule has 2 heterocycles. The van der Waals surface area contributed by atoms with E-state index < -0.39 is 24.4 Å². The van der Waals surface area contributed by atoms with Crippen LogP contribution in [0, 0.1) is 5.92 Å². The average Bonchev–Trinajstić information content (AvgIpc) is 1.78. The zero-order valence-electron chi connectivity index (χ0n) is 52.1. The molecule has 0 atom stereocenters. The lowest BCUT2D eigenvalue weighted by molar-refractivity contribution is -0.126. The van der Waals surface area contributed by atoms with Gasteiger partial charge in [-0.05, 0) is 112 Å². The number of benzene rings is 1. The van der Waals surface area contributed by atoms with Gasteiger partial charge in [0, 0.05) is 69.4 Å². The average molecular weight is 1290 g/mol. The number of hydrogen-bond acceptors (Lipinski definition) is 18. The smallest absolute Gasteiger partial charge is 0.407 e. The molecule has 1 aliphatic carbocycles. The molecule has 1 saturated carbocycles. The van der Waals surface area contributed by atoms with Crippen LogP contribution in [0.3, 0.4) is 0 Å². The molecule has 7 amide bonds. The number of carbonyl (C=O) groups excluding carboxylic acids is 7. The lowest BCUT2D eigenvalue weighted by Gasteiger charge is -2.28. The molecule has 0 unspecified atom stereocenters. The SMILES string of the molecule is CCc1cccc(N(CC)C(=O)Cn2c(C(=O)NC3CCC(C(=O)NCCCCCCNC(=O)OCCOCCOCCNC(=O)OC/C=C/COC(=O)NCCOCCOCCOC(=O)NCCOCCOCCCCCCCl)CC3)cc3sccc32)c1. The van der Waals surface area contributed by atoms with Crippen molar-refractivity contribution in [3.63, 3.8) is 0 Å². The highest BCUT2D eigenvalue weighted by Crippen LogP contribution is 2.28. The molecule has 0 saturated heterocycles. The fourth-order valence-electron chi connectivity index (χ4n) is 9.18. The van der Waals surface area contributed by atoms with Gasteiger partial charge in [0.2, 0.25) is 11.8 Å². The first-order valence-corrected chi connectivity index (χ1v) is 32.8. The van der Waals surface area contributed by atoms with Crippen LogP contribution in [0.1, 0.15) is 107 Å². The molecule has 1 fully saturated rings. The second-order valence-corrected chi connectivity index (χ2v) is 21.9. The molecular weight excluding hydrogens is 1200 g/mol. The Labute approximate surface area is 532 Å². The topological polar surface area (TPSA) is 292 Å². The number of anilines is 1. The highest BCUT2D eigenvalue weighted by molar-refractivity contribution is 7.17. The van der Waals surface area contributed by atoms with E-state index in [0.717, 1.165) is 79.3 Å². The van der Waals surface area contributed by atoms with Crippen LogP contribution < -0.4 is 36.8 Å². The van der Waals surface area contributed by atoms with Crippen LogP contribution in [0.25, 0.3) is 10.2 Å². The van der Waals surface area contributed by atoms with E-state index in [4.69, 9.17) is 59.0 Å². The van der Waals surface area contributed by atoms with E-state index in [9.17, 15) is 33.6 Å². The Hall–Kier alpha value is -6.26. The Balaban J connectivity index is 0.851. The Morgan fingerprint density at radius 2 is 1.07 bits per heavy atom. The van der Waals surface area contributed by atoms with Crippen molar-refractivity contribution >= 4 is 80.9 Å². The fourth-order valence-corrected chi connectivity index (χ4v) is 10.2. The van der Waals surface area contributed by atoms with Crippen molar-refractivity contribution in [3.8, 4) is 0 Å². The minimum Gasteiger partial charge on any atom is -0.447 e. The third-order valence-electron chi connectivity index (χ3n) is 13.9. The maximum atomic E-state index is 13.7. The zero-order valence-corrected chi connectivity index (χ0v) is 53.7. The lowest BCUT2D eigenvalue weighted by Crippen LogP contribution is -2.42. The number of rotatable bonds is 49. The molecule has 500 valence electrons. The summed E-state index contributed by atoms with van der Waals surface area (Å²) in [7, 11) is 0. The van der Waals surface area contributed by atoms with Gasteiger partial charge in [-0.3, -0.25) is 14.4 Å². The summed E-state index contributed by atoms with van der Waals surface area (Å²) in [5.41, 5.74) is 3.32. The maximum Gasteiger partial charge on any atom is 0.407 e. The second kappa shape index (κ2) is 48.6. The van der Waals surface area contributed by atoms with E-state index in [2.05, 4.69) is 44.9 Å². The Bertz CT molecular complexity index is 2500. The number of amides is 7. The first kappa shape index (κ1) is 75.2. The Morgan fingerprint density at radius 1 is 0.562 bits per heavy atom. The van der Waals surface area contributed by atoms with Gasteiger partial charge < -0.3 is 88.7 Å². The number of aromatic nitrogens is 1. The summed E-state index contributed by atoms with van der Waals surface area (Å²) in [6.07, 6.45) is 12.0. The van der Waals surface area contributed by atoms with Gasteiger partial charge in [-0.15, -0.1) is 22.9 Å². The summed E-state index contributed by atoms with van der Waals surface area (Å²) in [5, 5.41) is 18.7. The largest absolute Gasteiger partial charge is 0.447 e. The highest BCUT2D eigenvalue weighted by Gasteiger charge is 2.29. The normalized spacial score (nSPS) is 13.8. The van der Waals surface area contributed by atoms with Crippen molar-refractivity contribution in [1.29, 1.82) is 0 Å². The number of nitrogens with zero attached hydrogens (tertiary/aromatic N) is 2. The molecule has 89 heavy (non-hydrogen) atoms. The van der Waals surface area contributed by atoms with E-state index in [1.54, 1.807) is 4.90 Å². The molecule has 1 aromatic carbocycles. The minimum absolute atomic E-state index is 0.0235.